The van der Waals surface area contributed by atoms with Crippen LogP contribution in [0.3, 0.4) is 0 Å². The van der Waals surface area contributed by atoms with Crippen molar-refractivity contribution in [3.8, 4) is 11.5 Å². The molecule has 0 fully saturated rings. The summed E-state index contributed by atoms with van der Waals surface area (Å²) in [5, 5.41) is 0. The maximum Gasteiger partial charge on any atom is 0.262 e. The summed E-state index contributed by atoms with van der Waals surface area (Å²) in [7, 11) is -0.753. The molecule has 2 aromatic rings. The van der Waals surface area contributed by atoms with Gasteiger partial charge >= 0.3 is 0 Å². The van der Waals surface area contributed by atoms with Crippen LogP contribution < -0.4 is 14.2 Å². The molecule has 7 heteroatoms. The van der Waals surface area contributed by atoms with Crippen molar-refractivity contribution in [2.24, 2.45) is 0 Å². The highest BCUT2D eigenvalue weighted by atomic mass is 79.9. The van der Waals surface area contributed by atoms with E-state index in [2.05, 4.69) is 20.7 Å². The smallest absolute Gasteiger partial charge is 0.262 e. The van der Waals surface area contributed by atoms with Crippen molar-refractivity contribution in [2.45, 2.75) is 11.8 Å². The van der Waals surface area contributed by atoms with E-state index < -0.39 is 10.0 Å². The van der Waals surface area contributed by atoms with Gasteiger partial charge in [-0.05, 0) is 42.8 Å². The molecule has 0 bridgehead atoms. The summed E-state index contributed by atoms with van der Waals surface area (Å²) >= 11 is 3.35. The van der Waals surface area contributed by atoms with E-state index in [0.717, 1.165) is 10.0 Å². The van der Waals surface area contributed by atoms with Crippen LogP contribution in [0.15, 0.2) is 45.8 Å². The number of benzene rings is 2. The zero-order chi connectivity index (χ0) is 16.3. The van der Waals surface area contributed by atoms with E-state index in [0.29, 0.717) is 17.2 Å². The predicted molar refractivity (Wildman–Crippen MR) is 89.2 cm³/mol. The van der Waals surface area contributed by atoms with Crippen LogP contribution in [0.4, 0.5) is 5.69 Å². The molecule has 0 amide bonds. The number of hydrogen-bond donors (Lipinski definition) is 1. The fourth-order valence-electron chi connectivity index (χ4n) is 1.93. The monoisotopic (exact) mass is 385 g/mol. The van der Waals surface area contributed by atoms with Crippen molar-refractivity contribution in [3.05, 3.63) is 46.4 Å². The van der Waals surface area contributed by atoms with E-state index >= 15 is 0 Å². The Hall–Kier alpha value is -1.73. The minimum atomic E-state index is -3.71. The Balaban J connectivity index is 2.38. The van der Waals surface area contributed by atoms with E-state index in [1.807, 2.05) is 13.0 Å². The van der Waals surface area contributed by atoms with Crippen molar-refractivity contribution in [2.75, 3.05) is 18.9 Å². The van der Waals surface area contributed by atoms with Crippen molar-refractivity contribution in [1.29, 1.82) is 0 Å². The molecule has 2 rings (SSSR count). The van der Waals surface area contributed by atoms with Crippen LogP contribution in [-0.4, -0.2) is 22.6 Å². The summed E-state index contributed by atoms with van der Waals surface area (Å²) in [5.41, 5.74) is 1.34. The lowest BCUT2D eigenvalue weighted by atomic mass is 10.2. The first-order chi connectivity index (χ1) is 10.4. The van der Waals surface area contributed by atoms with E-state index in [-0.39, 0.29) is 4.90 Å². The lowest BCUT2D eigenvalue weighted by Crippen LogP contribution is -2.14. The van der Waals surface area contributed by atoms with Gasteiger partial charge in [0.05, 0.1) is 24.8 Å². The van der Waals surface area contributed by atoms with Gasteiger partial charge in [0.25, 0.3) is 10.0 Å². The maximum absolute atomic E-state index is 12.5. The van der Waals surface area contributed by atoms with Gasteiger partial charge in [0.2, 0.25) is 0 Å². The van der Waals surface area contributed by atoms with Crippen molar-refractivity contribution < 1.29 is 17.9 Å². The number of rotatable bonds is 5. The van der Waals surface area contributed by atoms with E-state index in [1.165, 1.54) is 26.4 Å². The van der Waals surface area contributed by atoms with Crippen LogP contribution in [0.25, 0.3) is 0 Å². The molecular weight excluding hydrogens is 370 g/mol. The average Bonchev–Trinajstić information content (AvgIpc) is 2.49. The zero-order valence-corrected chi connectivity index (χ0v) is 14.8. The van der Waals surface area contributed by atoms with Crippen LogP contribution >= 0.6 is 15.9 Å². The molecule has 5 nitrogen and oxygen atoms in total. The normalized spacial score (nSPS) is 11.1. The van der Waals surface area contributed by atoms with Gasteiger partial charge in [0.1, 0.15) is 0 Å². The summed E-state index contributed by atoms with van der Waals surface area (Å²) in [6.45, 7) is 1.83. The Morgan fingerprint density at radius 3 is 2.27 bits per heavy atom. The molecule has 0 heterocycles. The molecule has 0 unspecified atom stereocenters. The van der Waals surface area contributed by atoms with Gasteiger partial charge in [-0.25, -0.2) is 8.42 Å². The fraction of sp³-hybridized carbons (Fsp3) is 0.200. The molecule has 0 saturated heterocycles. The third-order valence-corrected chi connectivity index (χ3v) is 4.95. The summed E-state index contributed by atoms with van der Waals surface area (Å²) in [6, 6.07) is 9.78. The Morgan fingerprint density at radius 2 is 1.68 bits per heavy atom. The van der Waals surface area contributed by atoms with Gasteiger partial charge in [-0.15, -0.1) is 0 Å². The SMILES string of the molecule is COc1ccc(S(=O)(=O)Nc2ccc(Br)cc2C)cc1OC. The van der Waals surface area contributed by atoms with E-state index in [9.17, 15) is 8.42 Å². The van der Waals surface area contributed by atoms with Crippen molar-refractivity contribution in [3.63, 3.8) is 0 Å². The zero-order valence-electron chi connectivity index (χ0n) is 12.4. The first-order valence-electron chi connectivity index (χ1n) is 6.38. The first-order valence-corrected chi connectivity index (χ1v) is 8.66. The standard InChI is InChI=1S/C15H16BrNO4S/c1-10-8-11(16)4-6-13(10)17-22(18,19)12-5-7-14(20-2)15(9-12)21-3/h4-9,17H,1-3H3. The highest BCUT2D eigenvalue weighted by Gasteiger charge is 2.18. The molecule has 0 spiro atoms. The summed E-state index contributed by atoms with van der Waals surface area (Å²) in [5.74, 6) is 0.833. The molecule has 0 aliphatic heterocycles. The maximum atomic E-state index is 12.5. The molecule has 1 N–H and O–H groups in total. The molecule has 0 aliphatic rings. The van der Waals surface area contributed by atoms with Gasteiger partial charge in [-0.2, -0.15) is 0 Å². The Kier molecular flexibility index (Phi) is 4.97. The number of aryl methyl sites for hydroxylation is 1. The number of nitrogens with one attached hydrogen (secondary N) is 1. The molecule has 0 aliphatic carbocycles. The van der Waals surface area contributed by atoms with Crippen molar-refractivity contribution in [1.82, 2.24) is 0 Å². The largest absolute Gasteiger partial charge is 0.493 e. The van der Waals surface area contributed by atoms with Gasteiger partial charge in [0, 0.05) is 10.5 Å². The minimum absolute atomic E-state index is 0.104. The second-order valence-electron chi connectivity index (χ2n) is 4.58. The molecule has 2 aromatic carbocycles. The summed E-state index contributed by atoms with van der Waals surface area (Å²) in [6.07, 6.45) is 0. The van der Waals surface area contributed by atoms with Crippen LogP contribution in [0.1, 0.15) is 5.56 Å². The molecule has 0 atom stereocenters. The van der Waals surface area contributed by atoms with Gasteiger partial charge < -0.3 is 9.47 Å². The number of anilines is 1. The lowest BCUT2D eigenvalue weighted by Gasteiger charge is -2.13. The summed E-state index contributed by atoms with van der Waals surface area (Å²) < 4.78 is 38.7. The molecule has 0 radical (unpaired) electrons. The van der Waals surface area contributed by atoms with Crippen LogP contribution in [0, 0.1) is 6.92 Å². The highest BCUT2D eigenvalue weighted by Crippen LogP contribution is 2.30. The van der Waals surface area contributed by atoms with E-state index in [1.54, 1.807) is 18.2 Å². The number of ether oxygens (including phenoxy) is 2. The van der Waals surface area contributed by atoms with E-state index in [4.69, 9.17) is 9.47 Å². The second kappa shape index (κ2) is 6.58. The number of halogens is 1. The first kappa shape index (κ1) is 16.6. The molecule has 0 saturated carbocycles. The Morgan fingerprint density at radius 1 is 1.00 bits per heavy atom. The highest BCUT2D eigenvalue weighted by molar-refractivity contribution is 9.10. The van der Waals surface area contributed by atoms with Crippen LogP contribution in [-0.2, 0) is 10.0 Å². The van der Waals surface area contributed by atoms with Crippen molar-refractivity contribution >= 4 is 31.6 Å². The quantitative estimate of drug-likeness (QED) is 0.853. The Bertz CT molecular complexity index is 790. The lowest BCUT2D eigenvalue weighted by molar-refractivity contribution is 0.354. The average molecular weight is 386 g/mol. The van der Waals surface area contributed by atoms with Gasteiger partial charge in [-0.3, -0.25) is 4.72 Å². The number of sulfonamides is 1. The Labute approximate surface area is 138 Å². The van der Waals surface area contributed by atoms with Crippen LogP contribution in [0.2, 0.25) is 0 Å². The molecule has 0 aromatic heterocycles. The third-order valence-electron chi connectivity index (χ3n) is 3.10. The summed E-state index contributed by atoms with van der Waals surface area (Å²) in [4.78, 5) is 0.104. The topological polar surface area (TPSA) is 64.6 Å². The molecule has 22 heavy (non-hydrogen) atoms. The predicted octanol–water partition coefficient (Wildman–Crippen LogP) is 3.58. The van der Waals surface area contributed by atoms with Crippen LogP contribution in [0.5, 0.6) is 11.5 Å². The third kappa shape index (κ3) is 3.53. The van der Waals surface area contributed by atoms with Gasteiger partial charge in [-0.1, -0.05) is 15.9 Å². The second-order valence-corrected chi connectivity index (χ2v) is 7.18. The number of methoxy groups -OCH3 is 2. The molecular formula is C15H16BrNO4S. The fourth-order valence-corrected chi connectivity index (χ4v) is 3.55. The number of hydrogen-bond acceptors (Lipinski definition) is 4. The van der Waals surface area contributed by atoms with Gasteiger partial charge in [0.15, 0.2) is 11.5 Å². The minimum Gasteiger partial charge on any atom is -0.493 e. The molecule has 118 valence electrons.